The van der Waals surface area contributed by atoms with E-state index in [0.717, 1.165) is 50.4 Å². The molecule has 0 aromatic heterocycles. The lowest BCUT2D eigenvalue weighted by Gasteiger charge is -2.12. The van der Waals surface area contributed by atoms with Crippen molar-refractivity contribution in [3.63, 3.8) is 0 Å². The summed E-state index contributed by atoms with van der Waals surface area (Å²) in [5.41, 5.74) is 0. The van der Waals surface area contributed by atoms with Gasteiger partial charge in [0.1, 0.15) is 19.3 Å². The van der Waals surface area contributed by atoms with Gasteiger partial charge < -0.3 is 14.6 Å². The second-order valence-electron chi connectivity index (χ2n) is 11.2. The van der Waals surface area contributed by atoms with E-state index in [9.17, 15) is 14.7 Å². The van der Waals surface area contributed by atoms with Crippen LogP contribution in [0.25, 0.3) is 0 Å². The third-order valence-corrected chi connectivity index (χ3v) is 6.45. The Balaban J connectivity index is 3.45. The number of carbonyl (C=O) groups is 2. The molecule has 0 radical (unpaired) electrons. The second kappa shape index (κ2) is 24.6. The molecule has 5 heteroatoms. The summed E-state index contributed by atoms with van der Waals surface area (Å²) in [6.07, 6.45) is 20.2. The smallest absolute Gasteiger partial charge is 0.305 e. The minimum Gasteiger partial charge on any atom is -0.463 e. The van der Waals surface area contributed by atoms with Crippen molar-refractivity contribution in [1.29, 1.82) is 0 Å². The minimum absolute atomic E-state index is 0.112. The molecule has 0 aliphatic carbocycles. The molecule has 0 saturated heterocycles. The van der Waals surface area contributed by atoms with Gasteiger partial charge in [0.25, 0.3) is 0 Å². The van der Waals surface area contributed by atoms with Gasteiger partial charge in [-0.05, 0) is 24.7 Å². The van der Waals surface area contributed by atoms with Crippen LogP contribution >= 0.6 is 0 Å². The number of aliphatic hydroxyl groups is 1. The molecule has 5 nitrogen and oxygen atoms in total. The van der Waals surface area contributed by atoms with Gasteiger partial charge in [0.15, 0.2) is 0 Å². The number of unbranched alkanes of at least 4 members (excludes halogenated alkanes) is 13. The molecule has 0 bridgehead atoms. The third-order valence-electron chi connectivity index (χ3n) is 6.45. The Hall–Kier alpha value is -1.10. The maximum absolute atomic E-state index is 11.8. The molecule has 0 aliphatic rings. The fraction of sp³-hybridized carbons (Fsp3) is 0.933. The van der Waals surface area contributed by atoms with Crippen LogP contribution in [0.2, 0.25) is 0 Å². The molecule has 1 N–H and O–H groups in total. The highest BCUT2D eigenvalue weighted by molar-refractivity contribution is 5.69. The van der Waals surface area contributed by atoms with Crippen LogP contribution in [0, 0.1) is 11.8 Å². The van der Waals surface area contributed by atoms with Gasteiger partial charge in [-0.1, -0.05) is 124 Å². The van der Waals surface area contributed by atoms with Crippen LogP contribution in [0.1, 0.15) is 150 Å². The Kier molecular flexibility index (Phi) is 23.8. The van der Waals surface area contributed by atoms with Gasteiger partial charge in [-0.25, -0.2) is 0 Å². The summed E-state index contributed by atoms with van der Waals surface area (Å²) < 4.78 is 10.2. The lowest BCUT2D eigenvalue weighted by molar-refractivity contribution is -0.152. The van der Waals surface area contributed by atoms with E-state index in [1.807, 2.05) is 0 Å². The van der Waals surface area contributed by atoms with Crippen LogP contribution in [0.15, 0.2) is 0 Å². The van der Waals surface area contributed by atoms with Gasteiger partial charge in [-0.3, -0.25) is 9.59 Å². The second-order valence-corrected chi connectivity index (χ2v) is 11.2. The summed E-state index contributed by atoms with van der Waals surface area (Å²) in [6, 6.07) is 0. The first-order valence-electron chi connectivity index (χ1n) is 14.8. The zero-order valence-electron chi connectivity index (χ0n) is 23.7. The molecule has 0 aromatic carbocycles. The van der Waals surface area contributed by atoms with Gasteiger partial charge in [0, 0.05) is 12.8 Å². The van der Waals surface area contributed by atoms with Crippen molar-refractivity contribution in [2.45, 2.75) is 156 Å². The zero-order chi connectivity index (χ0) is 26.2. The maximum atomic E-state index is 11.8. The van der Waals surface area contributed by atoms with Crippen LogP contribution in [-0.4, -0.2) is 36.4 Å². The van der Waals surface area contributed by atoms with Crippen molar-refractivity contribution in [1.82, 2.24) is 0 Å². The lowest BCUT2D eigenvalue weighted by Crippen LogP contribution is -2.25. The van der Waals surface area contributed by atoms with Crippen molar-refractivity contribution in [3.05, 3.63) is 0 Å². The van der Waals surface area contributed by atoms with E-state index in [1.54, 1.807) is 0 Å². The van der Waals surface area contributed by atoms with E-state index in [4.69, 9.17) is 9.47 Å². The Morgan fingerprint density at radius 3 is 1.11 bits per heavy atom. The van der Waals surface area contributed by atoms with E-state index >= 15 is 0 Å². The van der Waals surface area contributed by atoms with Crippen LogP contribution in [-0.2, 0) is 19.1 Å². The average molecular weight is 499 g/mol. The molecule has 0 spiro atoms. The third kappa shape index (κ3) is 27.3. The number of carbonyl (C=O) groups excluding carboxylic acids is 2. The van der Waals surface area contributed by atoms with Crippen LogP contribution in [0.5, 0.6) is 0 Å². The Bertz CT molecular complexity index is 489. The molecule has 208 valence electrons. The summed E-state index contributed by atoms with van der Waals surface area (Å²) in [4.78, 5) is 23.6. The highest BCUT2D eigenvalue weighted by Crippen LogP contribution is 2.14. The topological polar surface area (TPSA) is 72.8 Å². The summed E-state index contributed by atoms with van der Waals surface area (Å²) in [5.74, 6) is 1.04. The van der Waals surface area contributed by atoms with Crippen LogP contribution in [0.4, 0.5) is 0 Å². The number of hydrogen-bond donors (Lipinski definition) is 1. The summed E-state index contributed by atoms with van der Waals surface area (Å²) in [6.45, 7) is 8.87. The fourth-order valence-corrected chi connectivity index (χ4v) is 4.16. The first-order chi connectivity index (χ1) is 16.8. The molecule has 0 unspecified atom stereocenters. The summed E-state index contributed by atoms with van der Waals surface area (Å²) in [7, 11) is 0. The Morgan fingerprint density at radius 1 is 0.514 bits per heavy atom. The van der Waals surface area contributed by atoms with Crippen LogP contribution < -0.4 is 0 Å². The number of hydrogen-bond acceptors (Lipinski definition) is 5. The van der Waals surface area contributed by atoms with Crippen molar-refractivity contribution in [2.75, 3.05) is 13.2 Å². The largest absolute Gasteiger partial charge is 0.463 e. The Labute approximate surface area is 217 Å². The van der Waals surface area contributed by atoms with E-state index in [-0.39, 0.29) is 25.2 Å². The Morgan fingerprint density at radius 2 is 0.800 bits per heavy atom. The minimum atomic E-state index is -0.954. The van der Waals surface area contributed by atoms with E-state index in [2.05, 4.69) is 27.7 Å². The molecule has 0 aliphatic heterocycles. The van der Waals surface area contributed by atoms with E-state index in [0.29, 0.717) is 12.8 Å². The standard InChI is InChI=1S/C30H58O5/c1-26(2)20-16-12-8-5-6-10-14-18-22-29(32)34-24-28(31)25-35-30(33)23-19-15-11-7-9-13-17-21-27(3)4/h26-28,31H,5-25H2,1-4H3/t28-/m0/s1. The van der Waals surface area contributed by atoms with Gasteiger partial charge >= 0.3 is 11.9 Å². The normalized spacial score (nSPS) is 12.3. The highest BCUT2D eigenvalue weighted by Gasteiger charge is 2.12. The van der Waals surface area contributed by atoms with Gasteiger partial charge in [0.05, 0.1) is 0 Å². The van der Waals surface area contributed by atoms with Crippen molar-refractivity contribution in [2.24, 2.45) is 11.8 Å². The maximum Gasteiger partial charge on any atom is 0.305 e. The van der Waals surface area contributed by atoms with Gasteiger partial charge in [-0.15, -0.1) is 0 Å². The van der Waals surface area contributed by atoms with Crippen molar-refractivity contribution >= 4 is 11.9 Å². The monoisotopic (exact) mass is 498 g/mol. The van der Waals surface area contributed by atoms with Crippen LogP contribution in [0.3, 0.4) is 0 Å². The molecular weight excluding hydrogens is 440 g/mol. The molecule has 35 heavy (non-hydrogen) atoms. The molecule has 0 aromatic rings. The van der Waals surface area contributed by atoms with E-state index in [1.165, 1.54) is 70.6 Å². The predicted molar refractivity (Wildman–Crippen MR) is 145 cm³/mol. The van der Waals surface area contributed by atoms with Gasteiger partial charge in [0.2, 0.25) is 0 Å². The summed E-state index contributed by atoms with van der Waals surface area (Å²) in [5, 5.41) is 9.90. The molecule has 1 atom stereocenters. The SMILES string of the molecule is CC(C)CCCCCCCCCCC(=O)OC[C@H](O)COC(=O)CCCCCCCCCC(C)C. The number of rotatable bonds is 25. The lowest BCUT2D eigenvalue weighted by atomic mass is 10.0. The number of esters is 2. The fourth-order valence-electron chi connectivity index (χ4n) is 4.16. The molecule has 0 fully saturated rings. The quantitative estimate of drug-likeness (QED) is 0.101. The van der Waals surface area contributed by atoms with E-state index < -0.39 is 6.10 Å². The zero-order valence-corrected chi connectivity index (χ0v) is 23.7. The molecule has 0 saturated carbocycles. The molecular formula is C30H58O5. The predicted octanol–water partition coefficient (Wildman–Crippen LogP) is 8.16. The summed E-state index contributed by atoms with van der Waals surface area (Å²) >= 11 is 0. The first-order valence-corrected chi connectivity index (χ1v) is 14.8. The van der Waals surface area contributed by atoms with Crippen molar-refractivity contribution < 1.29 is 24.2 Å². The molecule has 0 amide bonds. The number of ether oxygens (including phenoxy) is 2. The van der Waals surface area contributed by atoms with Crippen molar-refractivity contribution in [3.8, 4) is 0 Å². The molecule has 0 heterocycles. The van der Waals surface area contributed by atoms with Gasteiger partial charge in [-0.2, -0.15) is 0 Å². The first kappa shape index (κ1) is 33.9. The highest BCUT2D eigenvalue weighted by atomic mass is 16.6. The molecule has 0 rings (SSSR count). The average Bonchev–Trinajstić information content (AvgIpc) is 2.81. The number of aliphatic hydroxyl groups excluding tert-OH is 1.